The molecule has 2 aromatic heterocycles. The van der Waals surface area contributed by atoms with Crippen LogP contribution in [0.1, 0.15) is 16.6 Å². The third kappa shape index (κ3) is 7.60. The lowest BCUT2D eigenvalue weighted by molar-refractivity contribution is -0.192. The number of aliphatic carboxylic acids is 1. The quantitative estimate of drug-likeness (QED) is 0.390. The lowest BCUT2D eigenvalue weighted by atomic mass is 10.1. The molecule has 0 bridgehead atoms. The van der Waals surface area contributed by atoms with Gasteiger partial charge in [0.15, 0.2) is 0 Å². The normalized spacial score (nSPS) is 10.8. The number of alkyl halides is 3. The van der Waals surface area contributed by atoms with Crippen molar-refractivity contribution in [3.05, 3.63) is 45.7 Å². The van der Waals surface area contributed by atoms with Gasteiger partial charge in [0.2, 0.25) is 0 Å². The molecule has 0 radical (unpaired) electrons. The fourth-order valence-electron chi connectivity index (χ4n) is 2.72. The Morgan fingerprint density at radius 2 is 1.94 bits per heavy atom. The number of carboxylic acid groups (broad SMARTS) is 1. The van der Waals surface area contributed by atoms with Gasteiger partial charge in [-0.25, -0.2) is 4.79 Å². The number of benzene rings is 1. The van der Waals surface area contributed by atoms with Gasteiger partial charge in [-0.15, -0.1) is 11.3 Å². The van der Waals surface area contributed by atoms with Crippen molar-refractivity contribution in [2.75, 3.05) is 25.1 Å². The summed E-state index contributed by atoms with van der Waals surface area (Å²) in [4.78, 5) is 22.1. The van der Waals surface area contributed by atoms with Crippen LogP contribution in [0.2, 0.25) is 5.02 Å². The predicted molar refractivity (Wildman–Crippen MR) is 125 cm³/mol. The zero-order chi connectivity index (χ0) is 26.2. The van der Waals surface area contributed by atoms with Crippen molar-refractivity contribution in [1.29, 1.82) is 0 Å². The fourth-order valence-corrected chi connectivity index (χ4v) is 3.72. The van der Waals surface area contributed by atoms with Gasteiger partial charge in [0.05, 0.1) is 23.5 Å². The first kappa shape index (κ1) is 28.0. The summed E-state index contributed by atoms with van der Waals surface area (Å²) in [6, 6.07) is 7.14. The van der Waals surface area contributed by atoms with Gasteiger partial charge in [-0.3, -0.25) is 9.48 Å². The van der Waals surface area contributed by atoms with Crippen LogP contribution in [0.3, 0.4) is 0 Å². The zero-order valence-corrected chi connectivity index (χ0v) is 20.1. The SMILES string of the molecule is CCOc1ccsc1C(=O)Nc1ccc(OCCN)c(-c2c(Cl)cnn2C)c1.O=C(O)C(F)(F)F. The molecule has 0 saturated carbocycles. The predicted octanol–water partition coefficient (Wildman–Crippen LogP) is 4.42. The first-order valence-corrected chi connectivity index (χ1v) is 11.2. The number of nitrogens with two attached hydrogens (primary N) is 1. The Bertz CT molecular complexity index is 1150. The topological polar surface area (TPSA) is 129 Å². The van der Waals surface area contributed by atoms with E-state index in [1.165, 1.54) is 11.3 Å². The molecule has 1 aromatic carbocycles. The summed E-state index contributed by atoms with van der Waals surface area (Å²) in [7, 11) is 1.79. The molecule has 0 spiro atoms. The van der Waals surface area contributed by atoms with E-state index in [0.717, 1.165) is 0 Å². The Morgan fingerprint density at radius 3 is 2.49 bits per heavy atom. The van der Waals surface area contributed by atoms with Gasteiger partial charge in [-0.05, 0) is 36.6 Å². The van der Waals surface area contributed by atoms with E-state index >= 15 is 0 Å². The third-order valence-electron chi connectivity index (χ3n) is 4.14. The minimum absolute atomic E-state index is 0.240. The summed E-state index contributed by atoms with van der Waals surface area (Å²) in [6.45, 7) is 3.12. The van der Waals surface area contributed by atoms with Crippen LogP contribution < -0.4 is 20.5 Å². The number of aromatic nitrogens is 2. The van der Waals surface area contributed by atoms with Crippen molar-refractivity contribution in [1.82, 2.24) is 9.78 Å². The number of halogens is 4. The zero-order valence-electron chi connectivity index (χ0n) is 18.6. The highest BCUT2D eigenvalue weighted by molar-refractivity contribution is 7.12. The standard InChI is InChI=1S/C19H21ClN4O3S.C2HF3O2/c1-3-26-16-6-9-28-18(16)19(25)23-12-4-5-15(27-8-7-21)13(10-12)17-14(20)11-22-24(17)2;3-2(4,5)1(6)7/h4-6,9-11H,3,7-8,21H2,1-2H3,(H,23,25);(H,6,7). The molecule has 0 aliphatic carbocycles. The van der Waals surface area contributed by atoms with Crippen molar-refractivity contribution < 1.29 is 37.3 Å². The number of aryl methyl sites for hydroxylation is 1. The number of rotatable bonds is 8. The molecule has 0 unspecified atom stereocenters. The summed E-state index contributed by atoms with van der Waals surface area (Å²) in [5, 5.41) is 16.5. The van der Waals surface area contributed by atoms with E-state index in [1.807, 2.05) is 12.3 Å². The van der Waals surface area contributed by atoms with Gasteiger partial charge >= 0.3 is 12.1 Å². The van der Waals surface area contributed by atoms with Gasteiger partial charge < -0.3 is 25.6 Å². The van der Waals surface area contributed by atoms with Crippen LogP contribution in [0, 0.1) is 0 Å². The number of carbonyl (C=O) groups is 2. The molecule has 0 aliphatic rings. The molecule has 35 heavy (non-hydrogen) atoms. The molecular formula is C21H22ClF3N4O5S. The molecule has 9 nitrogen and oxygen atoms in total. The number of hydrogen-bond donors (Lipinski definition) is 3. The highest BCUT2D eigenvalue weighted by atomic mass is 35.5. The van der Waals surface area contributed by atoms with Crippen LogP contribution in [0.5, 0.6) is 11.5 Å². The Balaban J connectivity index is 0.000000540. The first-order chi connectivity index (χ1) is 16.5. The summed E-state index contributed by atoms with van der Waals surface area (Å²) in [5.41, 5.74) is 7.57. The second-order valence-corrected chi connectivity index (χ2v) is 7.94. The smallest absolute Gasteiger partial charge is 0.490 e. The number of amides is 1. The molecule has 190 valence electrons. The lowest BCUT2D eigenvalue weighted by Gasteiger charge is -2.14. The van der Waals surface area contributed by atoms with Crippen molar-refractivity contribution in [2.24, 2.45) is 12.8 Å². The Morgan fingerprint density at radius 1 is 1.26 bits per heavy atom. The lowest BCUT2D eigenvalue weighted by Crippen LogP contribution is -2.21. The highest BCUT2D eigenvalue weighted by Gasteiger charge is 2.38. The van der Waals surface area contributed by atoms with Gasteiger partial charge in [-0.1, -0.05) is 11.6 Å². The number of nitrogens with zero attached hydrogens (tertiary/aromatic N) is 2. The number of carbonyl (C=O) groups excluding carboxylic acids is 1. The molecule has 0 atom stereocenters. The maximum Gasteiger partial charge on any atom is 0.490 e. The monoisotopic (exact) mass is 534 g/mol. The number of carboxylic acids is 1. The van der Waals surface area contributed by atoms with Crippen LogP contribution in [-0.2, 0) is 11.8 Å². The van der Waals surface area contributed by atoms with Gasteiger partial charge in [0.25, 0.3) is 5.91 Å². The van der Waals surface area contributed by atoms with Crippen LogP contribution in [0.25, 0.3) is 11.3 Å². The van der Waals surface area contributed by atoms with Crippen LogP contribution in [0.4, 0.5) is 18.9 Å². The van der Waals surface area contributed by atoms with E-state index in [1.54, 1.807) is 42.2 Å². The second-order valence-electron chi connectivity index (χ2n) is 6.62. The Kier molecular flexibility index (Phi) is 9.92. The summed E-state index contributed by atoms with van der Waals surface area (Å²) < 4.78 is 44.6. The van der Waals surface area contributed by atoms with Crippen LogP contribution in [-0.4, -0.2) is 52.7 Å². The van der Waals surface area contributed by atoms with E-state index < -0.39 is 12.1 Å². The summed E-state index contributed by atoms with van der Waals surface area (Å²) >= 11 is 7.64. The molecule has 14 heteroatoms. The maximum absolute atomic E-state index is 12.7. The van der Waals surface area contributed by atoms with Crippen molar-refractivity contribution >= 4 is 40.5 Å². The number of ether oxygens (including phenoxy) is 2. The van der Waals surface area contributed by atoms with Crippen LogP contribution in [0.15, 0.2) is 35.8 Å². The van der Waals surface area contributed by atoms with E-state index in [2.05, 4.69) is 10.4 Å². The highest BCUT2D eigenvalue weighted by Crippen LogP contribution is 2.37. The average molecular weight is 535 g/mol. The van der Waals surface area contributed by atoms with E-state index in [9.17, 15) is 18.0 Å². The summed E-state index contributed by atoms with van der Waals surface area (Å²) in [5.74, 6) is -1.81. The molecular weight excluding hydrogens is 513 g/mol. The molecule has 0 fully saturated rings. The number of hydrogen-bond acceptors (Lipinski definition) is 7. The Labute approximate surface area is 207 Å². The summed E-state index contributed by atoms with van der Waals surface area (Å²) in [6.07, 6.45) is -3.52. The Hall–Kier alpha value is -3.29. The minimum Gasteiger partial charge on any atom is -0.492 e. The van der Waals surface area contributed by atoms with Gasteiger partial charge in [-0.2, -0.15) is 18.3 Å². The van der Waals surface area contributed by atoms with Gasteiger partial charge in [0, 0.05) is 24.8 Å². The number of thiophene rings is 1. The average Bonchev–Trinajstić information content (AvgIpc) is 3.39. The molecule has 0 aliphatic heterocycles. The first-order valence-electron chi connectivity index (χ1n) is 9.96. The minimum atomic E-state index is -5.08. The maximum atomic E-state index is 12.7. The van der Waals surface area contributed by atoms with Crippen molar-refractivity contribution in [3.63, 3.8) is 0 Å². The van der Waals surface area contributed by atoms with Crippen molar-refractivity contribution in [2.45, 2.75) is 13.1 Å². The van der Waals surface area contributed by atoms with Gasteiger partial charge in [0.1, 0.15) is 23.0 Å². The molecule has 3 aromatic rings. The molecule has 1 amide bonds. The molecule has 2 heterocycles. The molecule has 0 saturated heterocycles. The van der Waals surface area contributed by atoms with E-state index in [0.29, 0.717) is 58.1 Å². The number of anilines is 1. The van der Waals surface area contributed by atoms with E-state index in [4.69, 9.17) is 36.7 Å². The largest absolute Gasteiger partial charge is 0.492 e. The second kappa shape index (κ2) is 12.4. The third-order valence-corrected chi connectivity index (χ3v) is 5.31. The van der Waals surface area contributed by atoms with Crippen molar-refractivity contribution in [3.8, 4) is 22.8 Å². The number of nitrogens with one attached hydrogen (secondary N) is 1. The molecule has 4 N–H and O–H groups in total. The van der Waals surface area contributed by atoms with E-state index in [-0.39, 0.29) is 5.91 Å². The molecule has 3 rings (SSSR count). The fraction of sp³-hybridized carbons (Fsp3) is 0.286. The van der Waals surface area contributed by atoms with Crippen LogP contribution >= 0.6 is 22.9 Å².